The quantitative estimate of drug-likeness (QED) is 0.425. The van der Waals surface area contributed by atoms with Crippen LogP contribution in [0.5, 0.6) is 5.88 Å². The van der Waals surface area contributed by atoms with Crippen molar-refractivity contribution in [2.75, 3.05) is 5.33 Å². The summed E-state index contributed by atoms with van der Waals surface area (Å²) >= 11 is 10.3. The van der Waals surface area contributed by atoms with Crippen molar-refractivity contribution >= 4 is 50.3 Å². The van der Waals surface area contributed by atoms with Gasteiger partial charge in [-0.05, 0) is 6.07 Å². The Balaban J connectivity index is 2.20. The Kier molecular flexibility index (Phi) is 3.97. The highest BCUT2D eigenvalue weighted by Crippen LogP contribution is 2.24. The zero-order valence-corrected chi connectivity index (χ0v) is 13.8. The lowest BCUT2D eigenvalue weighted by Gasteiger charge is -1.98. The summed E-state index contributed by atoms with van der Waals surface area (Å²) < 4.78 is 3.80. The van der Waals surface area contributed by atoms with Crippen LogP contribution in [-0.4, -0.2) is 25.8 Å². The molecule has 0 atom stereocenters. The molecule has 0 aliphatic rings. The number of aromatic nitrogens is 3. The molecule has 0 bridgehead atoms. The molecule has 0 unspecified atom stereocenters. The summed E-state index contributed by atoms with van der Waals surface area (Å²) in [4.78, 5) is 17.0. The van der Waals surface area contributed by atoms with Crippen molar-refractivity contribution in [2.24, 2.45) is 0 Å². The predicted octanol–water partition coefficient (Wildman–Crippen LogP) is 2.67. The number of imidazole rings is 1. The number of Topliss-reactive ketones (excluding diaryl/α,β-unsaturated/α-hetero) is 1. The third-order valence-electron chi connectivity index (χ3n) is 3.05. The lowest BCUT2D eigenvalue weighted by Crippen LogP contribution is -2.19. The van der Waals surface area contributed by atoms with E-state index in [1.807, 2.05) is 12.1 Å². The lowest BCUT2D eigenvalue weighted by atomic mass is 10.3. The van der Waals surface area contributed by atoms with Gasteiger partial charge in [-0.2, -0.15) is 4.40 Å². The molecule has 0 aliphatic heterocycles. The van der Waals surface area contributed by atoms with E-state index >= 15 is 0 Å². The molecule has 21 heavy (non-hydrogen) atoms. The van der Waals surface area contributed by atoms with Gasteiger partial charge in [-0.1, -0.05) is 33.6 Å². The smallest absolute Gasteiger partial charge is 0.339 e. The maximum Gasteiger partial charge on any atom is 0.339 e. The maximum absolute atomic E-state index is 12.1. The Morgan fingerprint density at radius 3 is 3.00 bits per heavy atom. The molecule has 3 aromatic rings. The van der Waals surface area contributed by atoms with Crippen LogP contribution >= 0.6 is 38.9 Å². The molecule has 3 heterocycles. The summed E-state index contributed by atoms with van der Waals surface area (Å²) in [5.74, 6) is -0.252. The van der Waals surface area contributed by atoms with Gasteiger partial charge in [0.1, 0.15) is 6.54 Å². The standard InChI is InChI=1S/C13H9BrClN3O2S/c14-5-9(19)11-12(20)17-4-2-1-3-10(17)18(11)7-8-6-16-13(15)21-8/h1-4,6H,5,7H2/p+1. The van der Waals surface area contributed by atoms with Gasteiger partial charge in [0.05, 0.1) is 16.4 Å². The zero-order valence-electron chi connectivity index (χ0n) is 10.7. The van der Waals surface area contributed by atoms with E-state index in [2.05, 4.69) is 20.9 Å². The summed E-state index contributed by atoms with van der Waals surface area (Å²) in [6, 6.07) is 5.49. The topological polar surface area (TPSA) is 59.2 Å². The average molecular weight is 388 g/mol. The van der Waals surface area contributed by atoms with Crippen molar-refractivity contribution < 1.29 is 14.3 Å². The summed E-state index contributed by atoms with van der Waals surface area (Å²) in [5, 5.41) is 10.5. The molecule has 0 aromatic carbocycles. The van der Waals surface area contributed by atoms with E-state index in [0.29, 0.717) is 11.0 Å². The Labute approximate surface area is 137 Å². The van der Waals surface area contributed by atoms with Crippen LogP contribution in [0.1, 0.15) is 15.4 Å². The van der Waals surface area contributed by atoms with E-state index in [0.717, 1.165) is 10.5 Å². The highest BCUT2D eigenvalue weighted by molar-refractivity contribution is 9.09. The van der Waals surface area contributed by atoms with Crippen molar-refractivity contribution in [1.29, 1.82) is 0 Å². The Bertz CT molecular complexity index is 830. The molecular formula is C13H10BrClN3O2S+. The molecule has 0 saturated heterocycles. The first-order valence-electron chi connectivity index (χ1n) is 6.03. The molecule has 3 rings (SSSR count). The first kappa shape index (κ1) is 14.5. The first-order chi connectivity index (χ1) is 10.1. The predicted molar refractivity (Wildman–Crippen MR) is 83.6 cm³/mol. The SMILES string of the molecule is O=C(CBr)c1c(O)[n+]2ccccc2n1Cc1cnc(Cl)s1. The summed E-state index contributed by atoms with van der Waals surface area (Å²) in [7, 11) is 0. The summed E-state index contributed by atoms with van der Waals surface area (Å²) in [6.07, 6.45) is 3.39. The normalized spacial score (nSPS) is 11.1. The van der Waals surface area contributed by atoms with Crippen molar-refractivity contribution in [3.63, 3.8) is 0 Å². The number of hydrogen-bond acceptors (Lipinski definition) is 4. The molecule has 0 saturated carbocycles. The minimum atomic E-state index is -0.188. The molecule has 0 amide bonds. The molecule has 0 fully saturated rings. The van der Waals surface area contributed by atoms with Crippen LogP contribution in [0.15, 0.2) is 30.6 Å². The highest BCUT2D eigenvalue weighted by Gasteiger charge is 2.30. The van der Waals surface area contributed by atoms with E-state index < -0.39 is 0 Å². The largest absolute Gasteiger partial charge is 0.474 e. The number of rotatable bonds is 4. The fourth-order valence-electron chi connectivity index (χ4n) is 2.19. The Morgan fingerprint density at radius 1 is 1.52 bits per heavy atom. The maximum atomic E-state index is 12.1. The van der Waals surface area contributed by atoms with Gasteiger partial charge in [0.25, 0.3) is 11.3 Å². The number of carbonyl (C=O) groups is 1. The van der Waals surface area contributed by atoms with Crippen molar-refractivity contribution in [2.45, 2.75) is 6.54 Å². The lowest BCUT2D eigenvalue weighted by molar-refractivity contribution is -0.521. The van der Waals surface area contributed by atoms with E-state index in [4.69, 9.17) is 11.6 Å². The van der Waals surface area contributed by atoms with Gasteiger partial charge in [0.2, 0.25) is 5.78 Å². The van der Waals surface area contributed by atoms with Crippen LogP contribution in [0, 0.1) is 0 Å². The van der Waals surface area contributed by atoms with Crippen molar-refractivity contribution in [1.82, 2.24) is 9.55 Å². The minimum Gasteiger partial charge on any atom is -0.474 e. The van der Waals surface area contributed by atoms with Gasteiger partial charge in [-0.15, -0.1) is 11.3 Å². The van der Waals surface area contributed by atoms with E-state index in [1.165, 1.54) is 11.3 Å². The second kappa shape index (κ2) is 5.75. The summed E-state index contributed by atoms with van der Waals surface area (Å²) in [6.45, 7) is 0.423. The highest BCUT2D eigenvalue weighted by atomic mass is 79.9. The van der Waals surface area contributed by atoms with Crippen LogP contribution in [0.2, 0.25) is 4.47 Å². The van der Waals surface area contributed by atoms with Crippen LogP contribution in [0.25, 0.3) is 5.65 Å². The van der Waals surface area contributed by atoms with E-state index in [1.54, 1.807) is 27.4 Å². The number of hydrogen-bond donors (Lipinski definition) is 1. The number of thiazole rings is 1. The average Bonchev–Trinajstić information content (AvgIpc) is 3.02. The van der Waals surface area contributed by atoms with Crippen LogP contribution in [-0.2, 0) is 6.54 Å². The van der Waals surface area contributed by atoms with Crippen molar-refractivity contribution in [3.05, 3.63) is 45.6 Å². The van der Waals surface area contributed by atoms with Gasteiger partial charge in [0.15, 0.2) is 4.47 Å². The molecular weight excluding hydrogens is 378 g/mol. The van der Waals surface area contributed by atoms with E-state index in [-0.39, 0.29) is 22.7 Å². The Morgan fingerprint density at radius 2 is 2.33 bits per heavy atom. The fraction of sp³-hybridized carbons (Fsp3) is 0.154. The number of alkyl halides is 1. The number of nitrogens with zero attached hydrogens (tertiary/aromatic N) is 3. The second-order valence-corrected chi connectivity index (χ2v) is 6.58. The van der Waals surface area contributed by atoms with Crippen LogP contribution in [0.3, 0.4) is 0 Å². The number of fused-ring (bicyclic) bond motifs is 1. The van der Waals surface area contributed by atoms with Gasteiger partial charge in [-0.3, -0.25) is 4.79 Å². The van der Waals surface area contributed by atoms with Crippen molar-refractivity contribution in [3.8, 4) is 5.88 Å². The van der Waals surface area contributed by atoms with E-state index in [9.17, 15) is 9.90 Å². The number of pyridine rings is 1. The molecule has 8 heteroatoms. The number of ketones is 1. The molecule has 0 aliphatic carbocycles. The molecule has 0 radical (unpaired) electrons. The monoisotopic (exact) mass is 386 g/mol. The third kappa shape index (κ3) is 2.56. The zero-order chi connectivity index (χ0) is 15.0. The molecule has 0 spiro atoms. The molecule has 108 valence electrons. The van der Waals surface area contributed by atoms with Gasteiger partial charge < -0.3 is 5.11 Å². The molecule has 5 nitrogen and oxygen atoms in total. The summed E-state index contributed by atoms with van der Waals surface area (Å²) in [5.41, 5.74) is 0.992. The van der Waals surface area contributed by atoms with Gasteiger partial charge in [-0.25, -0.2) is 9.55 Å². The van der Waals surface area contributed by atoms with Gasteiger partial charge >= 0.3 is 5.88 Å². The Hall–Kier alpha value is -1.44. The fourth-order valence-corrected chi connectivity index (χ4v) is 3.43. The third-order valence-corrected chi connectivity index (χ3v) is 4.66. The first-order valence-corrected chi connectivity index (χ1v) is 8.34. The molecule has 1 N–H and O–H groups in total. The van der Waals surface area contributed by atoms with Crippen LogP contribution < -0.4 is 4.40 Å². The number of carbonyl (C=O) groups excluding carboxylic acids is 1. The molecule has 3 aromatic heterocycles. The van der Waals surface area contributed by atoms with Gasteiger partial charge in [0, 0.05) is 12.3 Å². The number of aromatic hydroxyl groups is 1. The minimum absolute atomic E-state index is 0.0642. The number of halogens is 2. The second-order valence-electron chi connectivity index (χ2n) is 4.32. The van der Waals surface area contributed by atoms with Crippen LogP contribution in [0.4, 0.5) is 0 Å².